The number of nitrogens with zero attached hydrogens (tertiary/aromatic N) is 1. The number of anilines is 1. The lowest BCUT2D eigenvalue weighted by Gasteiger charge is -2.18. The second-order valence-corrected chi connectivity index (χ2v) is 5.18. The lowest BCUT2D eigenvalue weighted by atomic mass is 10.1. The molecule has 1 aliphatic heterocycles. The smallest absolute Gasteiger partial charge is 0.243 e. The molecule has 1 saturated heterocycles. The Morgan fingerprint density at radius 2 is 2.13 bits per heavy atom. The van der Waals surface area contributed by atoms with Gasteiger partial charge in [0.2, 0.25) is 5.91 Å². The van der Waals surface area contributed by atoms with Gasteiger partial charge in [-0.1, -0.05) is 36.1 Å². The number of hydrogen-bond acceptors (Lipinski definition) is 3. The molecule has 4 heteroatoms. The van der Waals surface area contributed by atoms with E-state index in [1.54, 1.807) is 4.90 Å². The van der Waals surface area contributed by atoms with Gasteiger partial charge in [0.05, 0.1) is 11.4 Å². The average Bonchev–Trinajstić information content (AvgIpc) is 2.51. The van der Waals surface area contributed by atoms with Crippen LogP contribution in [0.1, 0.15) is 11.1 Å². The fraction of sp³-hybridized carbons (Fsp3) is 0.273. The van der Waals surface area contributed by atoms with Crippen LogP contribution in [0.15, 0.2) is 18.2 Å². The number of thiocarbonyl (C=S) groups is 1. The van der Waals surface area contributed by atoms with Crippen LogP contribution in [0, 0.1) is 13.8 Å². The maximum Gasteiger partial charge on any atom is 0.243 e. The third-order valence-electron chi connectivity index (χ3n) is 2.36. The zero-order chi connectivity index (χ0) is 11.0. The first-order valence-corrected chi connectivity index (χ1v) is 6.06. The van der Waals surface area contributed by atoms with Gasteiger partial charge in [-0.2, -0.15) is 0 Å². The van der Waals surface area contributed by atoms with Crippen molar-refractivity contribution in [1.29, 1.82) is 0 Å². The largest absolute Gasteiger partial charge is 0.273 e. The molecule has 2 rings (SSSR count). The SMILES string of the molecule is Cc1ccc(C)c(N2C(=O)CSC2=S)c1. The summed E-state index contributed by atoms with van der Waals surface area (Å²) in [4.78, 5) is 13.3. The predicted octanol–water partition coefficient (Wildman–Crippen LogP) is 2.67. The van der Waals surface area contributed by atoms with Gasteiger partial charge in [0.25, 0.3) is 0 Å². The van der Waals surface area contributed by atoms with Crippen molar-refractivity contribution < 1.29 is 4.79 Å². The third-order valence-corrected chi connectivity index (χ3v) is 3.71. The van der Waals surface area contributed by atoms with E-state index in [4.69, 9.17) is 12.2 Å². The van der Waals surface area contributed by atoms with Gasteiger partial charge in [-0.25, -0.2) is 0 Å². The van der Waals surface area contributed by atoms with Gasteiger partial charge in [-0.15, -0.1) is 0 Å². The molecule has 0 N–H and O–H groups in total. The fourth-order valence-corrected chi connectivity index (χ4v) is 2.63. The molecule has 0 bridgehead atoms. The van der Waals surface area contributed by atoms with E-state index in [1.165, 1.54) is 11.8 Å². The summed E-state index contributed by atoms with van der Waals surface area (Å²) in [5.41, 5.74) is 3.15. The maximum atomic E-state index is 11.7. The van der Waals surface area contributed by atoms with E-state index in [1.807, 2.05) is 32.0 Å². The second-order valence-electron chi connectivity index (χ2n) is 3.57. The molecule has 1 aromatic rings. The summed E-state index contributed by atoms with van der Waals surface area (Å²) in [5, 5.41) is 0. The van der Waals surface area contributed by atoms with Crippen LogP contribution >= 0.6 is 24.0 Å². The Morgan fingerprint density at radius 3 is 2.73 bits per heavy atom. The number of benzene rings is 1. The van der Waals surface area contributed by atoms with Crippen molar-refractivity contribution >= 4 is 39.9 Å². The minimum Gasteiger partial charge on any atom is -0.273 e. The van der Waals surface area contributed by atoms with Crippen molar-refractivity contribution in [3.8, 4) is 0 Å². The van der Waals surface area contributed by atoms with Crippen molar-refractivity contribution in [3.05, 3.63) is 29.3 Å². The normalized spacial score (nSPS) is 16.3. The molecule has 0 spiro atoms. The van der Waals surface area contributed by atoms with Gasteiger partial charge in [0.1, 0.15) is 4.32 Å². The summed E-state index contributed by atoms with van der Waals surface area (Å²) in [6.45, 7) is 4.01. The highest BCUT2D eigenvalue weighted by Gasteiger charge is 2.28. The van der Waals surface area contributed by atoms with Crippen LogP contribution in [0.3, 0.4) is 0 Å². The first-order chi connectivity index (χ1) is 7.09. The first-order valence-electron chi connectivity index (χ1n) is 4.66. The quantitative estimate of drug-likeness (QED) is 0.700. The standard InChI is InChI=1S/C11H11NOS2/c1-7-3-4-8(2)9(5-7)12-10(13)6-15-11(12)14/h3-5H,6H2,1-2H3. The Labute approximate surface area is 98.7 Å². The maximum absolute atomic E-state index is 11.7. The van der Waals surface area contributed by atoms with Crippen LogP contribution in [0.5, 0.6) is 0 Å². The van der Waals surface area contributed by atoms with Crippen LogP contribution in [0.25, 0.3) is 0 Å². The van der Waals surface area contributed by atoms with E-state index in [2.05, 4.69) is 0 Å². The summed E-state index contributed by atoms with van der Waals surface area (Å²) in [7, 11) is 0. The van der Waals surface area contributed by atoms with E-state index in [9.17, 15) is 4.79 Å². The predicted molar refractivity (Wildman–Crippen MR) is 68.5 cm³/mol. The highest BCUT2D eigenvalue weighted by molar-refractivity contribution is 8.24. The average molecular weight is 237 g/mol. The Balaban J connectivity index is 2.48. The van der Waals surface area contributed by atoms with Gasteiger partial charge < -0.3 is 0 Å². The van der Waals surface area contributed by atoms with Gasteiger partial charge in [-0.3, -0.25) is 9.69 Å². The molecular formula is C11H11NOS2. The molecule has 78 valence electrons. The summed E-state index contributed by atoms with van der Waals surface area (Å²) < 4.78 is 0.661. The van der Waals surface area contributed by atoms with Gasteiger partial charge in [0.15, 0.2) is 0 Å². The molecule has 1 aliphatic rings. The van der Waals surface area contributed by atoms with Crippen LogP contribution in [-0.4, -0.2) is 16.0 Å². The van der Waals surface area contributed by atoms with E-state index in [-0.39, 0.29) is 5.91 Å². The number of rotatable bonds is 1. The van der Waals surface area contributed by atoms with Crippen molar-refractivity contribution in [1.82, 2.24) is 0 Å². The topological polar surface area (TPSA) is 20.3 Å². The van der Waals surface area contributed by atoms with E-state index >= 15 is 0 Å². The Hall–Kier alpha value is -0.870. The molecule has 2 nitrogen and oxygen atoms in total. The summed E-state index contributed by atoms with van der Waals surface area (Å²) in [6.07, 6.45) is 0. The minimum absolute atomic E-state index is 0.0821. The van der Waals surface area contributed by atoms with Gasteiger partial charge in [-0.05, 0) is 31.0 Å². The molecule has 0 saturated carbocycles. The molecule has 0 atom stereocenters. The lowest BCUT2D eigenvalue weighted by Crippen LogP contribution is -2.28. The molecule has 0 aliphatic carbocycles. The number of amides is 1. The zero-order valence-electron chi connectivity index (χ0n) is 8.61. The molecule has 0 unspecified atom stereocenters. The molecule has 1 fully saturated rings. The molecule has 15 heavy (non-hydrogen) atoms. The zero-order valence-corrected chi connectivity index (χ0v) is 10.2. The molecule has 1 amide bonds. The van der Waals surface area contributed by atoms with Gasteiger partial charge >= 0.3 is 0 Å². The number of carbonyl (C=O) groups is 1. The minimum atomic E-state index is 0.0821. The molecule has 1 heterocycles. The molecule has 0 aromatic heterocycles. The van der Waals surface area contributed by atoms with E-state index in [0.29, 0.717) is 10.1 Å². The van der Waals surface area contributed by atoms with Crippen LogP contribution < -0.4 is 4.90 Å². The Bertz CT molecular complexity index is 426. The number of aryl methyl sites for hydroxylation is 2. The number of thioether (sulfide) groups is 1. The van der Waals surface area contributed by atoms with Crippen LogP contribution in [0.4, 0.5) is 5.69 Å². The Morgan fingerprint density at radius 1 is 1.40 bits per heavy atom. The fourth-order valence-electron chi connectivity index (χ4n) is 1.55. The monoisotopic (exact) mass is 237 g/mol. The van der Waals surface area contributed by atoms with Crippen molar-refractivity contribution in [3.63, 3.8) is 0 Å². The highest BCUT2D eigenvalue weighted by atomic mass is 32.2. The number of hydrogen-bond donors (Lipinski definition) is 0. The highest BCUT2D eigenvalue weighted by Crippen LogP contribution is 2.29. The molecular weight excluding hydrogens is 226 g/mol. The van der Waals surface area contributed by atoms with E-state index in [0.717, 1.165) is 16.8 Å². The lowest BCUT2D eigenvalue weighted by molar-refractivity contribution is -0.115. The summed E-state index contributed by atoms with van der Waals surface area (Å²) in [5.74, 6) is 0.547. The second kappa shape index (κ2) is 3.94. The summed E-state index contributed by atoms with van der Waals surface area (Å²) in [6, 6.07) is 6.06. The first kappa shape index (κ1) is 10.6. The van der Waals surface area contributed by atoms with Crippen molar-refractivity contribution in [2.24, 2.45) is 0 Å². The van der Waals surface area contributed by atoms with Crippen molar-refractivity contribution in [2.45, 2.75) is 13.8 Å². The van der Waals surface area contributed by atoms with Gasteiger partial charge in [0, 0.05) is 0 Å². The van der Waals surface area contributed by atoms with E-state index < -0.39 is 0 Å². The van der Waals surface area contributed by atoms with Crippen LogP contribution in [0.2, 0.25) is 0 Å². The third kappa shape index (κ3) is 1.92. The number of carbonyl (C=O) groups excluding carboxylic acids is 1. The Kier molecular flexibility index (Phi) is 2.80. The molecule has 1 aromatic carbocycles. The van der Waals surface area contributed by atoms with Crippen molar-refractivity contribution in [2.75, 3.05) is 10.7 Å². The van der Waals surface area contributed by atoms with Crippen LogP contribution in [-0.2, 0) is 4.79 Å². The molecule has 0 radical (unpaired) electrons. The summed E-state index contributed by atoms with van der Waals surface area (Å²) >= 11 is 6.60.